The summed E-state index contributed by atoms with van der Waals surface area (Å²) in [5, 5.41) is 0. The Morgan fingerprint density at radius 1 is 0.250 bits per heavy atom. The van der Waals surface area contributed by atoms with Crippen LogP contribution in [-0.2, 0) is 0 Å². The predicted octanol–water partition coefficient (Wildman–Crippen LogP) is 11.4. The van der Waals surface area contributed by atoms with Crippen molar-refractivity contribution in [1.29, 1.82) is 0 Å². The highest BCUT2D eigenvalue weighted by Crippen LogP contribution is 2.51. The van der Waals surface area contributed by atoms with Gasteiger partial charge in [0.2, 0.25) is 0 Å². The van der Waals surface area contributed by atoms with Gasteiger partial charge >= 0.3 is 0 Å². The zero-order valence-corrected chi connectivity index (χ0v) is 42.0. The molecule has 0 amide bonds. The van der Waals surface area contributed by atoms with E-state index < -0.39 is 0 Å². The summed E-state index contributed by atoms with van der Waals surface area (Å²) in [5.41, 5.74) is 9.92. The molecule has 0 radical (unpaired) electrons. The molecule has 16 heteroatoms. The summed E-state index contributed by atoms with van der Waals surface area (Å²) in [6, 6.07) is 22.4. The average molecular weight is 975 g/mol. The number of rotatable bonds is 16. The van der Waals surface area contributed by atoms with Crippen molar-refractivity contribution in [2.24, 2.45) is 0 Å². The van der Waals surface area contributed by atoms with Crippen LogP contribution in [0.3, 0.4) is 0 Å². The zero-order valence-electron chi connectivity index (χ0n) is 42.0. The third-order valence-corrected chi connectivity index (χ3v) is 12.6. The number of H-pyrrole nitrogens is 2. The number of ether oxygens (including phenoxy) is 12. The summed E-state index contributed by atoms with van der Waals surface area (Å²) in [6.07, 6.45) is 7.81. The fourth-order valence-corrected chi connectivity index (χ4v) is 9.27. The highest BCUT2D eigenvalue weighted by Gasteiger charge is 2.28. The second-order valence-corrected chi connectivity index (χ2v) is 16.1. The lowest BCUT2D eigenvalue weighted by molar-refractivity contribution is 0.377. The van der Waals surface area contributed by atoms with Gasteiger partial charge in [0.05, 0.1) is 130 Å². The maximum Gasteiger partial charge on any atom is 0.134 e. The lowest BCUT2D eigenvalue weighted by atomic mass is 10.0. The molecule has 370 valence electrons. The number of nitrogens with zero attached hydrogens (tertiary/aromatic N) is 2. The number of hydrogen-bond acceptors (Lipinski definition) is 14. The smallest absolute Gasteiger partial charge is 0.134 e. The van der Waals surface area contributed by atoms with E-state index in [9.17, 15) is 0 Å². The Bertz CT molecular complexity index is 2940. The minimum absolute atomic E-state index is 0.477. The molecule has 0 saturated heterocycles. The Morgan fingerprint density at radius 3 is 0.583 bits per heavy atom. The topological polar surface area (TPSA) is 168 Å². The molecule has 9 rings (SSSR count). The van der Waals surface area contributed by atoms with Crippen molar-refractivity contribution in [3.63, 3.8) is 0 Å². The Hall–Kier alpha value is -8.92. The van der Waals surface area contributed by atoms with Gasteiger partial charge in [-0.05, 0) is 48.6 Å². The number of methoxy groups -OCH3 is 12. The molecule has 0 unspecified atom stereocenters. The first-order valence-electron chi connectivity index (χ1n) is 22.5. The molecular weight excluding hydrogens is 921 g/mol. The van der Waals surface area contributed by atoms with Crippen molar-refractivity contribution in [1.82, 2.24) is 19.9 Å². The van der Waals surface area contributed by atoms with Gasteiger partial charge in [-0.25, -0.2) is 9.97 Å². The number of nitrogens with one attached hydrogen (secondary N) is 2. The van der Waals surface area contributed by atoms with Crippen LogP contribution in [0.4, 0.5) is 0 Å². The molecule has 2 aliphatic heterocycles. The molecule has 2 N–H and O–H groups in total. The molecule has 0 aliphatic carbocycles. The molecule has 8 bridgehead atoms. The van der Waals surface area contributed by atoms with E-state index in [0.29, 0.717) is 158 Å². The summed E-state index contributed by atoms with van der Waals surface area (Å²) >= 11 is 0. The third-order valence-electron chi connectivity index (χ3n) is 12.6. The average Bonchev–Trinajstić information content (AvgIpc) is 4.29. The SMILES string of the molecule is COc1cc(OC)c(-c2c3nc(c(-c4c(OC)cc(OC)cc4OC)c4ccc([nH]4)c(-c4c(OC)cc(OC)cc4OC)c4nc(c(-c5c(OC)cc(OC)cc5OC)c5ccc2[nH]5)C=C4)C=C3)c(OC)c1. The molecule has 3 aromatic heterocycles. The van der Waals surface area contributed by atoms with Crippen molar-refractivity contribution < 1.29 is 56.8 Å². The maximum atomic E-state index is 6.13. The minimum Gasteiger partial charge on any atom is -0.496 e. The van der Waals surface area contributed by atoms with Crippen molar-refractivity contribution in [2.45, 2.75) is 0 Å². The van der Waals surface area contributed by atoms with E-state index in [-0.39, 0.29) is 0 Å². The van der Waals surface area contributed by atoms with Gasteiger partial charge in [-0.2, -0.15) is 0 Å². The van der Waals surface area contributed by atoms with E-state index in [4.69, 9.17) is 66.8 Å². The fraction of sp³-hybridized carbons (Fsp3) is 0.214. The van der Waals surface area contributed by atoms with Crippen LogP contribution in [0.2, 0.25) is 0 Å². The van der Waals surface area contributed by atoms with Crippen LogP contribution in [0, 0.1) is 0 Å². The minimum atomic E-state index is 0.477. The second-order valence-electron chi connectivity index (χ2n) is 16.1. The van der Waals surface area contributed by atoms with Gasteiger partial charge in [0.15, 0.2) is 0 Å². The number of benzene rings is 4. The third kappa shape index (κ3) is 8.29. The quantitative estimate of drug-likeness (QED) is 0.0938. The van der Waals surface area contributed by atoms with E-state index in [0.717, 1.165) is 0 Å². The molecule has 0 spiro atoms. The number of aromatic amines is 2. The van der Waals surface area contributed by atoms with Gasteiger partial charge in [-0.1, -0.05) is 0 Å². The highest BCUT2D eigenvalue weighted by atomic mass is 16.5. The second kappa shape index (κ2) is 20.2. The summed E-state index contributed by atoms with van der Waals surface area (Å²) < 4.78 is 71.9. The summed E-state index contributed by atoms with van der Waals surface area (Å²) in [7, 11) is 19.2. The summed E-state index contributed by atoms with van der Waals surface area (Å²) in [5.74, 6) is 5.97. The largest absolute Gasteiger partial charge is 0.496 e. The van der Waals surface area contributed by atoms with Crippen LogP contribution in [0.5, 0.6) is 69.0 Å². The van der Waals surface area contributed by atoms with E-state index in [1.807, 2.05) is 97.1 Å². The lowest BCUT2D eigenvalue weighted by Gasteiger charge is -2.17. The predicted molar refractivity (Wildman–Crippen MR) is 279 cm³/mol. The van der Waals surface area contributed by atoms with Gasteiger partial charge in [0.1, 0.15) is 69.0 Å². The summed E-state index contributed by atoms with van der Waals surface area (Å²) in [4.78, 5) is 18.5. The molecular formula is C56H54N4O12. The van der Waals surface area contributed by atoms with Gasteiger partial charge in [0, 0.05) is 92.9 Å². The first-order chi connectivity index (χ1) is 35.1. The number of hydrogen-bond donors (Lipinski definition) is 2. The first-order valence-corrected chi connectivity index (χ1v) is 22.5. The van der Waals surface area contributed by atoms with Gasteiger partial charge in [-0.15, -0.1) is 0 Å². The molecule has 0 fully saturated rings. The van der Waals surface area contributed by atoms with Crippen LogP contribution in [0.1, 0.15) is 22.8 Å². The Morgan fingerprint density at radius 2 is 0.431 bits per heavy atom. The van der Waals surface area contributed by atoms with E-state index in [1.165, 1.54) is 0 Å². The van der Waals surface area contributed by atoms with Crippen LogP contribution in [0.25, 0.3) is 90.9 Å². The Balaban J connectivity index is 1.57. The zero-order chi connectivity index (χ0) is 50.8. The van der Waals surface area contributed by atoms with Crippen LogP contribution >= 0.6 is 0 Å². The van der Waals surface area contributed by atoms with Crippen molar-refractivity contribution >= 4 is 46.4 Å². The molecule has 16 nitrogen and oxygen atoms in total. The van der Waals surface area contributed by atoms with Crippen LogP contribution in [0.15, 0.2) is 72.8 Å². The van der Waals surface area contributed by atoms with Crippen LogP contribution in [-0.4, -0.2) is 105 Å². The van der Waals surface area contributed by atoms with Gasteiger partial charge < -0.3 is 66.8 Å². The summed E-state index contributed by atoms with van der Waals surface area (Å²) in [6.45, 7) is 0. The molecule has 7 aromatic rings. The fourth-order valence-electron chi connectivity index (χ4n) is 9.27. The van der Waals surface area contributed by atoms with E-state index >= 15 is 0 Å². The van der Waals surface area contributed by atoms with Crippen LogP contribution < -0.4 is 56.8 Å². The van der Waals surface area contributed by atoms with Gasteiger partial charge in [0.25, 0.3) is 0 Å². The highest BCUT2D eigenvalue weighted by molar-refractivity contribution is 6.04. The molecule has 4 aromatic carbocycles. The van der Waals surface area contributed by atoms with Crippen molar-refractivity contribution in [2.75, 3.05) is 85.3 Å². The van der Waals surface area contributed by atoms with E-state index in [1.54, 1.807) is 85.3 Å². The maximum absolute atomic E-state index is 6.13. The van der Waals surface area contributed by atoms with Crippen molar-refractivity contribution in [3.8, 4) is 114 Å². The van der Waals surface area contributed by atoms with Crippen molar-refractivity contribution in [3.05, 3.63) is 95.6 Å². The first kappa shape index (κ1) is 48.1. The lowest BCUT2D eigenvalue weighted by Crippen LogP contribution is -1.99. The Labute approximate surface area is 416 Å². The number of aromatic nitrogens is 4. The molecule has 0 atom stereocenters. The monoisotopic (exact) mass is 974 g/mol. The van der Waals surface area contributed by atoms with Gasteiger partial charge in [-0.3, -0.25) is 0 Å². The molecule has 72 heavy (non-hydrogen) atoms. The molecule has 0 saturated carbocycles. The normalized spacial score (nSPS) is 11.5. The Kier molecular flexibility index (Phi) is 13.5. The van der Waals surface area contributed by atoms with E-state index in [2.05, 4.69) is 9.97 Å². The standard InChI is InChI=1S/C56H54N4O12/c1-61-29-21-41(65-5)53(42(22-29)66-6)49-33-13-15-35(57-33)50(54-43(67-7)23-30(62-2)24-44(54)68-8)37-17-19-39(59-37)52(56-47(71-11)27-32(64-4)28-48(56)72-12)40-20-18-38(60-40)51(36-16-14-34(49)58-36)55-45(69-9)25-31(63-3)26-46(55)70-10/h13-28,57,60H,1-12H3. The molecule has 5 heterocycles. The molecule has 2 aliphatic rings. The number of fused-ring (bicyclic) bond motifs is 8.